The normalized spacial score (nSPS) is 10.2. The van der Waals surface area contributed by atoms with Crippen LogP contribution in [0.25, 0.3) is 0 Å². The Labute approximate surface area is 122 Å². The maximum Gasteiger partial charge on any atom is 0.162 e. The first-order valence-electron chi connectivity index (χ1n) is 6.05. The first-order chi connectivity index (χ1) is 9.56. The van der Waals surface area contributed by atoms with Crippen LogP contribution in [-0.2, 0) is 0 Å². The van der Waals surface area contributed by atoms with Crippen LogP contribution >= 0.6 is 11.6 Å². The topological polar surface area (TPSA) is 56.3 Å². The Hall–Kier alpha value is -2.01. The summed E-state index contributed by atoms with van der Waals surface area (Å²) in [5, 5.41) is 11.6. The fourth-order valence-electron chi connectivity index (χ4n) is 1.75. The van der Waals surface area contributed by atoms with E-state index in [2.05, 4.69) is 15.5 Å². The Morgan fingerprint density at radius 3 is 2.35 bits per heavy atom. The van der Waals surface area contributed by atoms with Crippen LogP contribution in [0.5, 0.6) is 11.5 Å². The molecule has 0 unspecified atom stereocenters. The van der Waals surface area contributed by atoms with Gasteiger partial charge in [-0.05, 0) is 37.1 Å². The first-order valence-corrected chi connectivity index (χ1v) is 6.43. The highest BCUT2D eigenvalue weighted by Crippen LogP contribution is 2.31. The third kappa shape index (κ3) is 2.77. The smallest absolute Gasteiger partial charge is 0.162 e. The molecule has 0 aliphatic carbocycles. The van der Waals surface area contributed by atoms with Crippen LogP contribution in [0.1, 0.15) is 11.1 Å². The van der Waals surface area contributed by atoms with Crippen molar-refractivity contribution in [3.63, 3.8) is 0 Å². The molecule has 1 aromatic carbocycles. The Balaban J connectivity index is 2.33. The van der Waals surface area contributed by atoms with Crippen molar-refractivity contribution in [2.45, 2.75) is 13.8 Å². The third-order valence-electron chi connectivity index (χ3n) is 3.11. The summed E-state index contributed by atoms with van der Waals surface area (Å²) < 4.78 is 10.5. The SMILES string of the molecule is COc1ccc(Nc2nnc(Cl)c(C)c2C)cc1OC. The van der Waals surface area contributed by atoms with Gasteiger partial charge >= 0.3 is 0 Å². The highest BCUT2D eigenvalue weighted by atomic mass is 35.5. The second-order valence-electron chi connectivity index (χ2n) is 4.28. The van der Waals surface area contributed by atoms with Crippen LogP contribution in [-0.4, -0.2) is 24.4 Å². The van der Waals surface area contributed by atoms with Crippen molar-refractivity contribution in [2.75, 3.05) is 19.5 Å². The molecule has 6 heteroatoms. The number of hydrogen-bond acceptors (Lipinski definition) is 5. The van der Waals surface area contributed by atoms with Gasteiger partial charge in [-0.25, -0.2) is 0 Å². The van der Waals surface area contributed by atoms with E-state index < -0.39 is 0 Å². The molecular formula is C14H16ClN3O2. The minimum Gasteiger partial charge on any atom is -0.493 e. The minimum absolute atomic E-state index is 0.417. The van der Waals surface area contributed by atoms with E-state index >= 15 is 0 Å². The van der Waals surface area contributed by atoms with Crippen molar-refractivity contribution in [1.29, 1.82) is 0 Å². The molecule has 0 fully saturated rings. The average molecular weight is 294 g/mol. The van der Waals surface area contributed by atoms with Gasteiger partial charge in [-0.1, -0.05) is 11.6 Å². The highest BCUT2D eigenvalue weighted by molar-refractivity contribution is 6.30. The fraction of sp³-hybridized carbons (Fsp3) is 0.286. The van der Waals surface area contributed by atoms with Gasteiger partial charge in [0, 0.05) is 11.8 Å². The van der Waals surface area contributed by atoms with Crippen LogP contribution in [0.15, 0.2) is 18.2 Å². The van der Waals surface area contributed by atoms with Gasteiger partial charge in [0.1, 0.15) is 0 Å². The standard InChI is InChI=1S/C14H16ClN3O2/c1-8-9(2)14(18-17-13(8)15)16-10-5-6-11(19-3)12(7-10)20-4/h5-7H,1-4H3,(H,16,18). The summed E-state index contributed by atoms with van der Waals surface area (Å²) in [6, 6.07) is 5.54. The van der Waals surface area contributed by atoms with E-state index in [1.165, 1.54) is 0 Å². The van der Waals surface area contributed by atoms with Gasteiger partial charge in [-0.2, -0.15) is 0 Å². The number of anilines is 2. The molecular weight excluding hydrogens is 278 g/mol. The van der Waals surface area contributed by atoms with Crippen molar-refractivity contribution in [2.24, 2.45) is 0 Å². The average Bonchev–Trinajstić information content (AvgIpc) is 2.47. The van der Waals surface area contributed by atoms with Crippen LogP contribution in [0.3, 0.4) is 0 Å². The molecule has 20 heavy (non-hydrogen) atoms. The van der Waals surface area contributed by atoms with Gasteiger partial charge in [-0.15, -0.1) is 10.2 Å². The van der Waals surface area contributed by atoms with E-state index in [9.17, 15) is 0 Å². The van der Waals surface area contributed by atoms with Crippen molar-refractivity contribution < 1.29 is 9.47 Å². The summed E-state index contributed by atoms with van der Waals surface area (Å²) in [4.78, 5) is 0. The zero-order valence-corrected chi connectivity index (χ0v) is 12.6. The molecule has 106 valence electrons. The molecule has 1 heterocycles. The molecule has 1 aromatic heterocycles. The Kier molecular flexibility index (Phi) is 4.29. The molecule has 0 bridgehead atoms. The van der Waals surface area contributed by atoms with E-state index in [1.807, 2.05) is 32.0 Å². The Morgan fingerprint density at radius 1 is 1.00 bits per heavy atom. The lowest BCUT2D eigenvalue weighted by molar-refractivity contribution is 0.355. The van der Waals surface area contributed by atoms with Crippen molar-refractivity contribution >= 4 is 23.1 Å². The largest absolute Gasteiger partial charge is 0.493 e. The third-order valence-corrected chi connectivity index (χ3v) is 3.47. The van der Waals surface area contributed by atoms with E-state index in [1.54, 1.807) is 14.2 Å². The summed E-state index contributed by atoms with van der Waals surface area (Å²) in [7, 11) is 3.20. The molecule has 5 nitrogen and oxygen atoms in total. The van der Waals surface area contributed by atoms with Crippen LogP contribution in [0.4, 0.5) is 11.5 Å². The summed E-state index contributed by atoms with van der Waals surface area (Å²) in [6.45, 7) is 3.85. The number of nitrogens with zero attached hydrogens (tertiary/aromatic N) is 2. The second kappa shape index (κ2) is 5.96. The second-order valence-corrected chi connectivity index (χ2v) is 4.64. The molecule has 0 saturated heterocycles. The Morgan fingerprint density at radius 2 is 1.70 bits per heavy atom. The number of aromatic nitrogens is 2. The number of hydrogen-bond donors (Lipinski definition) is 1. The van der Waals surface area contributed by atoms with Gasteiger partial charge < -0.3 is 14.8 Å². The molecule has 0 spiro atoms. The molecule has 1 N–H and O–H groups in total. The summed E-state index contributed by atoms with van der Waals surface area (Å²) in [5.41, 5.74) is 2.70. The van der Waals surface area contributed by atoms with E-state index in [0.29, 0.717) is 22.5 Å². The molecule has 0 aliphatic rings. The maximum atomic E-state index is 5.94. The lowest BCUT2D eigenvalue weighted by Crippen LogP contribution is -2.01. The lowest BCUT2D eigenvalue weighted by atomic mass is 10.2. The van der Waals surface area contributed by atoms with Gasteiger partial charge in [0.05, 0.1) is 14.2 Å². The number of ether oxygens (including phenoxy) is 2. The van der Waals surface area contributed by atoms with Crippen LogP contribution in [0, 0.1) is 13.8 Å². The molecule has 0 radical (unpaired) electrons. The van der Waals surface area contributed by atoms with Gasteiger partial charge in [-0.3, -0.25) is 0 Å². The molecule has 0 saturated carbocycles. The lowest BCUT2D eigenvalue weighted by Gasteiger charge is -2.13. The van der Waals surface area contributed by atoms with Gasteiger partial charge in [0.2, 0.25) is 0 Å². The maximum absolute atomic E-state index is 5.94. The number of benzene rings is 1. The molecule has 0 atom stereocenters. The summed E-state index contributed by atoms with van der Waals surface area (Å²) >= 11 is 5.94. The summed E-state index contributed by atoms with van der Waals surface area (Å²) in [5.74, 6) is 1.99. The Bertz CT molecular complexity index is 632. The number of methoxy groups -OCH3 is 2. The number of rotatable bonds is 4. The van der Waals surface area contributed by atoms with E-state index in [4.69, 9.17) is 21.1 Å². The van der Waals surface area contributed by atoms with Gasteiger partial charge in [0.25, 0.3) is 0 Å². The number of halogens is 1. The molecule has 0 aliphatic heterocycles. The van der Waals surface area contributed by atoms with Crippen molar-refractivity contribution in [3.8, 4) is 11.5 Å². The number of nitrogens with one attached hydrogen (secondary N) is 1. The van der Waals surface area contributed by atoms with Crippen molar-refractivity contribution in [3.05, 3.63) is 34.5 Å². The molecule has 0 amide bonds. The predicted molar refractivity (Wildman–Crippen MR) is 79.3 cm³/mol. The first kappa shape index (κ1) is 14.4. The highest BCUT2D eigenvalue weighted by Gasteiger charge is 2.10. The molecule has 2 rings (SSSR count). The van der Waals surface area contributed by atoms with E-state index in [0.717, 1.165) is 16.8 Å². The monoisotopic (exact) mass is 293 g/mol. The zero-order valence-electron chi connectivity index (χ0n) is 11.8. The van der Waals surface area contributed by atoms with Crippen molar-refractivity contribution in [1.82, 2.24) is 10.2 Å². The van der Waals surface area contributed by atoms with Crippen LogP contribution < -0.4 is 14.8 Å². The minimum atomic E-state index is 0.417. The zero-order chi connectivity index (χ0) is 14.7. The quantitative estimate of drug-likeness (QED) is 0.935. The fourth-order valence-corrected chi connectivity index (χ4v) is 1.93. The summed E-state index contributed by atoms with van der Waals surface area (Å²) in [6.07, 6.45) is 0. The molecule has 2 aromatic rings. The van der Waals surface area contributed by atoms with Crippen LogP contribution in [0.2, 0.25) is 5.15 Å². The van der Waals surface area contributed by atoms with Gasteiger partial charge in [0.15, 0.2) is 22.5 Å². The predicted octanol–water partition coefficient (Wildman–Crippen LogP) is 3.51. The van der Waals surface area contributed by atoms with E-state index in [-0.39, 0.29) is 0 Å².